The van der Waals surface area contributed by atoms with Crippen molar-refractivity contribution < 1.29 is 9.59 Å². The standard InChI is InChI=1S/C16H19N5O2/c17-5-6-18-7-8-19-14-13(15(22)21-16(14)23)11-9-20-12-4-2-1-3-10(11)12/h1-4,9,13,18,20H,5-8,17H2,(H,21,22,23). The summed E-state index contributed by atoms with van der Waals surface area (Å²) in [6.45, 7) is 2.28. The Kier molecular flexibility index (Phi) is 4.50. The molecule has 23 heavy (non-hydrogen) atoms. The maximum Gasteiger partial charge on any atom is 0.272 e. The number of nitrogens with two attached hydrogens (primary N) is 1. The number of nitrogens with zero attached hydrogens (tertiary/aromatic N) is 1. The molecule has 0 spiro atoms. The lowest BCUT2D eigenvalue weighted by molar-refractivity contribution is -0.124. The van der Waals surface area contributed by atoms with E-state index < -0.39 is 11.8 Å². The maximum absolute atomic E-state index is 12.2. The minimum atomic E-state index is -0.659. The van der Waals surface area contributed by atoms with E-state index in [0.29, 0.717) is 26.2 Å². The highest BCUT2D eigenvalue weighted by molar-refractivity contribution is 6.52. The zero-order valence-corrected chi connectivity index (χ0v) is 12.6. The smallest absolute Gasteiger partial charge is 0.272 e. The number of amides is 2. The molecule has 1 saturated heterocycles. The van der Waals surface area contributed by atoms with Crippen LogP contribution in [0.3, 0.4) is 0 Å². The van der Waals surface area contributed by atoms with Crippen LogP contribution in [0.25, 0.3) is 10.9 Å². The number of aliphatic imine (C=N–C) groups is 1. The number of carbonyl (C=O) groups is 2. The number of imide groups is 1. The molecule has 1 aliphatic heterocycles. The number of para-hydroxylation sites is 1. The summed E-state index contributed by atoms with van der Waals surface area (Å²) in [5.74, 6) is -1.40. The predicted molar refractivity (Wildman–Crippen MR) is 88.4 cm³/mol. The third-order valence-electron chi connectivity index (χ3n) is 3.83. The van der Waals surface area contributed by atoms with Crippen molar-refractivity contribution in [3.63, 3.8) is 0 Å². The van der Waals surface area contributed by atoms with Crippen LogP contribution in [-0.2, 0) is 9.59 Å². The number of aromatic nitrogens is 1. The highest BCUT2D eigenvalue weighted by Crippen LogP contribution is 2.29. The lowest BCUT2D eigenvalue weighted by atomic mass is 9.95. The van der Waals surface area contributed by atoms with Gasteiger partial charge in [-0.15, -0.1) is 0 Å². The number of fused-ring (bicyclic) bond motifs is 1. The summed E-state index contributed by atoms with van der Waals surface area (Å²) in [4.78, 5) is 31.7. The predicted octanol–water partition coefficient (Wildman–Crippen LogP) is -0.103. The van der Waals surface area contributed by atoms with Gasteiger partial charge >= 0.3 is 0 Å². The molecule has 1 atom stereocenters. The number of hydrogen-bond donors (Lipinski definition) is 4. The summed E-state index contributed by atoms with van der Waals surface area (Å²) in [7, 11) is 0. The number of aromatic amines is 1. The Balaban J connectivity index is 1.87. The summed E-state index contributed by atoms with van der Waals surface area (Å²) < 4.78 is 0. The zero-order valence-electron chi connectivity index (χ0n) is 12.6. The molecule has 2 heterocycles. The summed E-state index contributed by atoms with van der Waals surface area (Å²) in [6, 6.07) is 7.68. The molecule has 5 N–H and O–H groups in total. The largest absolute Gasteiger partial charge is 0.361 e. The first kappa shape index (κ1) is 15.4. The zero-order chi connectivity index (χ0) is 16.2. The molecule has 7 nitrogen and oxygen atoms in total. The summed E-state index contributed by atoms with van der Waals surface area (Å²) >= 11 is 0. The van der Waals surface area contributed by atoms with Crippen LogP contribution in [0.1, 0.15) is 11.5 Å². The fourth-order valence-corrected chi connectivity index (χ4v) is 2.77. The molecular weight excluding hydrogens is 294 g/mol. The van der Waals surface area contributed by atoms with Crippen LogP contribution in [0.4, 0.5) is 0 Å². The Hall–Kier alpha value is -2.51. The van der Waals surface area contributed by atoms with Crippen molar-refractivity contribution in [3.05, 3.63) is 36.0 Å². The van der Waals surface area contributed by atoms with Gasteiger partial charge in [0, 0.05) is 36.7 Å². The minimum Gasteiger partial charge on any atom is -0.361 e. The fourth-order valence-electron chi connectivity index (χ4n) is 2.77. The van der Waals surface area contributed by atoms with E-state index in [4.69, 9.17) is 5.73 Å². The molecule has 2 aromatic rings. The van der Waals surface area contributed by atoms with Crippen LogP contribution in [0.5, 0.6) is 0 Å². The number of nitrogens with one attached hydrogen (secondary N) is 3. The summed E-state index contributed by atoms with van der Waals surface area (Å²) in [6.07, 6.45) is 1.77. The summed E-state index contributed by atoms with van der Waals surface area (Å²) in [5.41, 5.74) is 7.38. The highest BCUT2D eigenvalue weighted by Gasteiger charge is 2.40. The second kappa shape index (κ2) is 6.72. The van der Waals surface area contributed by atoms with E-state index in [-0.39, 0.29) is 11.6 Å². The van der Waals surface area contributed by atoms with Crippen LogP contribution in [0, 0.1) is 0 Å². The number of benzene rings is 1. The monoisotopic (exact) mass is 313 g/mol. The van der Waals surface area contributed by atoms with E-state index >= 15 is 0 Å². The van der Waals surface area contributed by atoms with Gasteiger partial charge in [-0.3, -0.25) is 19.9 Å². The van der Waals surface area contributed by atoms with E-state index in [2.05, 4.69) is 20.6 Å². The van der Waals surface area contributed by atoms with Crippen LogP contribution >= 0.6 is 0 Å². The van der Waals surface area contributed by atoms with Crippen molar-refractivity contribution in [1.29, 1.82) is 0 Å². The third-order valence-corrected chi connectivity index (χ3v) is 3.83. The first-order valence-electron chi connectivity index (χ1n) is 7.58. The van der Waals surface area contributed by atoms with E-state index in [1.54, 1.807) is 6.20 Å². The van der Waals surface area contributed by atoms with Crippen molar-refractivity contribution in [2.24, 2.45) is 10.7 Å². The quantitative estimate of drug-likeness (QED) is 0.440. The third kappa shape index (κ3) is 3.01. The van der Waals surface area contributed by atoms with Crippen molar-refractivity contribution >= 4 is 28.4 Å². The molecular formula is C16H19N5O2. The van der Waals surface area contributed by atoms with Gasteiger partial charge in [-0.25, -0.2) is 0 Å². The SMILES string of the molecule is NCCNCCN=C1C(=O)NC(=O)C1c1c[nH]c2ccccc12. The van der Waals surface area contributed by atoms with Gasteiger partial charge in [-0.2, -0.15) is 0 Å². The molecule has 3 rings (SSSR count). The van der Waals surface area contributed by atoms with Gasteiger partial charge in [0.2, 0.25) is 5.91 Å². The highest BCUT2D eigenvalue weighted by atomic mass is 16.2. The molecule has 1 unspecified atom stereocenters. The van der Waals surface area contributed by atoms with E-state index in [1.807, 2.05) is 24.3 Å². The topological polar surface area (TPSA) is 112 Å². The number of H-pyrrole nitrogens is 1. The summed E-state index contributed by atoms with van der Waals surface area (Å²) in [5, 5.41) is 6.40. The van der Waals surface area contributed by atoms with Gasteiger partial charge in [0.1, 0.15) is 11.6 Å². The van der Waals surface area contributed by atoms with Crippen molar-refractivity contribution in [2.75, 3.05) is 26.2 Å². The molecule has 0 bridgehead atoms. The average molecular weight is 313 g/mol. The number of hydrogen-bond acceptors (Lipinski definition) is 5. The van der Waals surface area contributed by atoms with Crippen LogP contribution < -0.4 is 16.4 Å². The molecule has 2 amide bonds. The molecule has 0 radical (unpaired) electrons. The number of carbonyl (C=O) groups excluding carboxylic acids is 2. The van der Waals surface area contributed by atoms with Crippen molar-refractivity contribution in [1.82, 2.24) is 15.6 Å². The Morgan fingerprint density at radius 3 is 2.87 bits per heavy atom. The maximum atomic E-state index is 12.2. The average Bonchev–Trinajstić information content (AvgIpc) is 3.08. The Morgan fingerprint density at radius 2 is 2.04 bits per heavy atom. The van der Waals surface area contributed by atoms with Gasteiger partial charge in [0.25, 0.3) is 5.91 Å². The van der Waals surface area contributed by atoms with Crippen LogP contribution in [-0.4, -0.2) is 48.7 Å². The van der Waals surface area contributed by atoms with Gasteiger partial charge < -0.3 is 16.0 Å². The lowest BCUT2D eigenvalue weighted by Crippen LogP contribution is -2.26. The molecule has 0 saturated carbocycles. The Bertz CT molecular complexity index is 765. The Labute approximate surface area is 133 Å². The molecule has 1 aromatic carbocycles. The van der Waals surface area contributed by atoms with E-state index in [0.717, 1.165) is 16.5 Å². The van der Waals surface area contributed by atoms with Gasteiger partial charge in [0.05, 0.1) is 6.54 Å². The normalized spacial score (nSPS) is 19.7. The lowest BCUT2D eigenvalue weighted by Gasteiger charge is -2.07. The first-order chi connectivity index (χ1) is 11.2. The van der Waals surface area contributed by atoms with Gasteiger partial charge in [0.15, 0.2) is 0 Å². The molecule has 1 fully saturated rings. The van der Waals surface area contributed by atoms with E-state index in [9.17, 15) is 9.59 Å². The van der Waals surface area contributed by atoms with Crippen LogP contribution in [0.2, 0.25) is 0 Å². The molecule has 0 aliphatic carbocycles. The van der Waals surface area contributed by atoms with Gasteiger partial charge in [-0.1, -0.05) is 18.2 Å². The number of rotatable bonds is 6. The first-order valence-corrected chi connectivity index (χ1v) is 7.58. The second-order valence-electron chi connectivity index (χ2n) is 5.35. The minimum absolute atomic E-state index is 0.273. The molecule has 1 aromatic heterocycles. The van der Waals surface area contributed by atoms with E-state index in [1.165, 1.54) is 0 Å². The molecule has 7 heteroatoms. The van der Waals surface area contributed by atoms with Gasteiger partial charge in [-0.05, 0) is 11.6 Å². The molecule has 120 valence electrons. The fraction of sp³-hybridized carbons (Fsp3) is 0.312. The second-order valence-corrected chi connectivity index (χ2v) is 5.35. The van der Waals surface area contributed by atoms with Crippen molar-refractivity contribution in [3.8, 4) is 0 Å². The molecule has 1 aliphatic rings. The Morgan fingerprint density at radius 1 is 1.22 bits per heavy atom. The van der Waals surface area contributed by atoms with Crippen molar-refractivity contribution in [2.45, 2.75) is 5.92 Å². The van der Waals surface area contributed by atoms with Crippen LogP contribution in [0.15, 0.2) is 35.5 Å².